The van der Waals surface area contributed by atoms with Gasteiger partial charge in [0.05, 0.1) is 24.5 Å². The summed E-state index contributed by atoms with van der Waals surface area (Å²) < 4.78 is 10.2. The number of rotatable bonds is 4. The first-order valence-electron chi connectivity index (χ1n) is 6.49. The van der Waals surface area contributed by atoms with Gasteiger partial charge in [-0.2, -0.15) is 0 Å². The minimum Gasteiger partial charge on any atom is -0.465 e. The van der Waals surface area contributed by atoms with Crippen LogP contribution in [0.3, 0.4) is 0 Å². The van der Waals surface area contributed by atoms with E-state index < -0.39 is 12.1 Å². The van der Waals surface area contributed by atoms with Crippen molar-refractivity contribution in [1.82, 2.24) is 0 Å². The Balaban J connectivity index is 2.07. The van der Waals surface area contributed by atoms with Crippen molar-refractivity contribution >= 4 is 17.6 Å². The van der Waals surface area contributed by atoms with Gasteiger partial charge in [0.25, 0.3) is 5.91 Å². The van der Waals surface area contributed by atoms with Gasteiger partial charge in [-0.15, -0.1) is 0 Å². The molecule has 2 atom stereocenters. The van der Waals surface area contributed by atoms with Crippen LogP contribution in [-0.4, -0.2) is 37.7 Å². The number of carbonyl (C=O) groups is 2. The van der Waals surface area contributed by atoms with Crippen LogP contribution in [0.25, 0.3) is 0 Å². The molecule has 1 amide bonds. The predicted molar refractivity (Wildman–Crippen MR) is 73.4 cm³/mol. The summed E-state index contributed by atoms with van der Waals surface area (Å²) in [6.45, 7) is 0.405. The van der Waals surface area contributed by atoms with Gasteiger partial charge in [0, 0.05) is 6.54 Å². The molecule has 3 N–H and O–H groups in total. The van der Waals surface area contributed by atoms with Crippen LogP contribution >= 0.6 is 0 Å². The third-order valence-electron chi connectivity index (χ3n) is 3.25. The van der Waals surface area contributed by atoms with Crippen LogP contribution in [0.4, 0.5) is 5.69 Å². The van der Waals surface area contributed by atoms with E-state index in [4.69, 9.17) is 10.5 Å². The number of methoxy groups -OCH3 is 1. The van der Waals surface area contributed by atoms with Crippen molar-refractivity contribution in [2.24, 2.45) is 5.73 Å². The van der Waals surface area contributed by atoms with Crippen LogP contribution in [0.2, 0.25) is 0 Å². The maximum absolute atomic E-state index is 12.1. The third kappa shape index (κ3) is 3.15. The van der Waals surface area contributed by atoms with Crippen molar-refractivity contribution in [3.05, 3.63) is 29.8 Å². The van der Waals surface area contributed by atoms with Gasteiger partial charge in [-0.25, -0.2) is 4.79 Å². The van der Waals surface area contributed by atoms with Gasteiger partial charge in [0.2, 0.25) is 0 Å². The molecule has 0 saturated carbocycles. The predicted octanol–water partition coefficient (Wildman–Crippen LogP) is 0.918. The fraction of sp³-hybridized carbons (Fsp3) is 0.429. The highest BCUT2D eigenvalue weighted by molar-refractivity contribution is 6.02. The average Bonchev–Trinajstić information content (AvgIpc) is 2.96. The minimum absolute atomic E-state index is 0.0680. The Morgan fingerprint density at radius 3 is 2.80 bits per heavy atom. The van der Waals surface area contributed by atoms with Crippen LogP contribution in [0.15, 0.2) is 24.3 Å². The number of benzene rings is 1. The molecule has 2 rings (SSSR count). The van der Waals surface area contributed by atoms with Gasteiger partial charge < -0.3 is 20.5 Å². The molecule has 1 heterocycles. The summed E-state index contributed by atoms with van der Waals surface area (Å²) in [6, 6.07) is 6.69. The SMILES string of the molecule is COC(=O)c1ccccc1NC(=O)C1CCC(CN)O1. The monoisotopic (exact) mass is 278 g/mol. The van der Waals surface area contributed by atoms with Crippen LogP contribution in [0.5, 0.6) is 0 Å². The number of para-hydroxylation sites is 1. The number of hydrogen-bond donors (Lipinski definition) is 2. The first-order valence-corrected chi connectivity index (χ1v) is 6.49. The van der Waals surface area contributed by atoms with E-state index in [-0.39, 0.29) is 12.0 Å². The number of nitrogens with one attached hydrogen (secondary N) is 1. The normalized spacial score (nSPS) is 21.5. The molecule has 1 aliphatic heterocycles. The summed E-state index contributed by atoms with van der Waals surface area (Å²) in [5.74, 6) is -0.759. The lowest BCUT2D eigenvalue weighted by Gasteiger charge is -2.14. The largest absolute Gasteiger partial charge is 0.465 e. The second kappa shape index (κ2) is 6.49. The Labute approximate surface area is 117 Å². The average molecular weight is 278 g/mol. The summed E-state index contributed by atoms with van der Waals surface area (Å²) in [4.78, 5) is 23.7. The van der Waals surface area contributed by atoms with Crippen LogP contribution in [-0.2, 0) is 14.3 Å². The third-order valence-corrected chi connectivity index (χ3v) is 3.25. The summed E-state index contributed by atoms with van der Waals surface area (Å²) >= 11 is 0. The Kier molecular flexibility index (Phi) is 4.70. The lowest BCUT2D eigenvalue weighted by molar-refractivity contribution is -0.126. The molecule has 1 saturated heterocycles. The smallest absolute Gasteiger partial charge is 0.339 e. The zero-order chi connectivity index (χ0) is 14.5. The molecule has 0 aliphatic carbocycles. The standard InChI is InChI=1S/C14H18N2O4/c1-19-14(18)10-4-2-3-5-11(10)16-13(17)12-7-6-9(8-15)20-12/h2-5,9,12H,6-8,15H2,1H3,(H,16,17). The molecule has 6 nitrogen and oxygen atoms in total. The second-order valence-corrected chi connectivity index (χ2v) is 4.59. The van der Waals surface area contributed by atoms with Gasteiger partial charge in [0.15, 0.2) is 0 Å². The molecule has 0 aromatic heterocycles. The first-order chi connectivity index (χ1) is 9.65. The Morgan fingerprint density at radius 2 is 2.15 bits per heavy atom. The molecule has 0 radical (unpaired) electrons. The van der Waals surface area contributed by atoms with Gasteiger partial charge in [0.1, 0.15) is 6.10 Å². The summed E-state index contributed by atoms with van der Waals surface area (Å²) in [5, 5.41) is 2.71. The summed E-state index contributed by atoms with van der Waals surface area (Å²) in [6.07, 6.45) is 0.817. The van der Waals surface area contributed by atoms with Gasteiger partial charge >= 0.3 is 5.97 Å². The number of anilines is 1. The maximum atomic E-state index is 12.1. The fourth-order valence-electron chi connectivity index (χ4n) is 2.17. The molecule has 2 unspecified atom stereocenters. The van der Waals surface area contributed by atoms with E-state index >= 15 is 0 Å². The number of carbonyl (C=O) groups excluding carboxylic acids is 2. The zero-order valence-corrected chi connectivity index (χ0v) is 11.3. The highest BCUT2D eigenvalue weighted by Crippen LogP contribution is 2.22. The molecular formula is C14H18N2O4. The van der Waals surface area contributed by atoms with Crippen molar-refractivity contribution in [1.29, 1.82) is 0 Å². The minimum atomic E-state index is -0.519. The molecule has 1 fully saturated rings. The number of ether oxygens (including phenoxy) is 2. The Morgan fingerprint density at radius 1 is 1.40 bits per heavy atom. The van der Waals surface area contributed by atoms with Gasteiger partial charge in [-0.1, -0.05) is 12.1 Å². The van der Waals surface area contributed by atoms with E-state index in [1.54, 1.807) is 24.3 Å². The Bertz CT molecular complexity index is 504. The lowest BCUT2D eigenvalue weighted by Crippen LogP contribution is -2.30. The number of nitrogens with two attached hydrogens (primary N) is 1. The molecule has 108 valence electrons. The van der Waals surface area contributed by atoms with Crippen molar-refractivity contribution in [2.45, 2.75) is 25.0 Å². The fourth-order valence-corrected chi connectivity index (χ4v) is 2.17. The molecule has 1 aliphatic rings. The highest BCUT2D eigenvalue weighted by Gasteiger charge is 2.30. The van der Waals surface area contributed by atoms with Crippen molar-refractivity contribution < 1.29 is 19.1 Å². The number of amides is 1. The van der Waals surface area contributed by atoms with E-state index in [1.807, 2.05) is 0 Å². The van der Waals surface area contributed by atoms with Gasteiger partial charge in [-0.3, -0.25) is 4.79 Å². The van der Waals surface area contributed by atoms with Crippen LogP contribution in [0.1, 0.15) is 23.2 Å². The van der Waals surface area contributed by atoms with Crippen molar-refractivity contribution in [3.63, 3.8) is 0 Å². The van der Waals surface area contributed by atoms with Crippen molar-refractivity contribution in [3.8, 4) is 0 Å². The first kappa shape index (κ1) is 14.5. The van der Waals surface area contributed by atoms with Crippen molar-refractivity contribution in [2.75, 3.05) is 19.0 Å². The number of hydrogen-bond acceptors (Lipinski definition) is 5. The van der Waals surface area contributed by atoms with Crippen LogP contribution in [0, 0.1) is 0 Å². The molecular weight excluding hydrogens is 260 g/mol. The van der Waals surface area contributed by atoms with Gasteiger partial charge in [-0.05, 0) is 25.0 Å². The lowest BCUT2D eigenvalue weighted by atomic mass is 10.1. The summed E-state index contributed by atoms with van der Waals surface area (Å²) in [7, 11) is 1.30. The topological polar surface area (TPSA) is 90.7 Å². The molecule has 0 bridgehead atoms. The molecule has 0 spiro atoms. The van der Waals surface area contributed by atoms with E-state index in [1.165, 1.54) is 7.11 Å². The van der Waals surface area contributed by atoms with E-state index in [9.17, 15) is 9.59 Å². The zero-order valence-electron chi connectivity index (χ0n) is 11.3. The highest BCUT2D eigenvalue weighted by atomic mass is 16.5. The Hall–Kier alpha value is -1.92. The second-order valence-electron chi connectivity index (χ2n) is 4.59. The van der Waals surface area contributed by atoms with Crippen LogP contribution < -0.4 is 11.1 Å². The van der Waals surface area contributed by atoms with E-state index in [0.717, 1.165) is 6.42 Å². The summed E-state index contributed by atoms with van der Waals surface area (Å²) in [5.41, 5.74) is 6.25. The molecule has 1 aromatic rings. The number of esters is 1. The molecule has 6 heteroatoms. The maximum Gasteiger partial charge on any atom is 0.339 e. The quantitative estimate of drug-likeness (QED) is 0.799. The molecule has 20 heavy (non-hydrogen) atoms. The van der Waals surface area contributed by atoms with E-state index in [0.29, 0.717) is 24.2 Å². The molecule has 1 aromatic carbocycles. The van der Waals surface area contributed by atoms with E-state index in [2.05, 4.69) is 10.1 Å².